The number of para-hydroxylation sites is 1. The number of carbonyl (C=O) groups excluding carboxylic acids is 2. The van der Waals surface area contributed by atoms with Crippen molar-refractivity contribution in [3.8, 4) is 0 Å². The van der Waals surface area contributed by atoms with E-state index >= 15 is 0 Å². The van der Waals surface area contributed by atoms with Crippen LogP contribution in [-0.2, 0) is 32.6 Å². The molecule has 1 fully saturated rings. The minimum Gasteiger partial charge on any atom is -0.312 e. The second-order valence-corrected chi connectivity index (χ2v) is 10.4. The van der Waals surface area contributed by atoms with Crippen molar-refractivity contribution in [2.75, 3.05) is 29.1 Å². The monoisotopic (exact) mass is 434 g/mol. The Hall–Kier alpha value is -2.30. The minimum absolute atomic E-state index is 0.0678. The molecule has 2 amide bonds. The van der Waals surface area contributed by atoms with Crippen LogP contribution < -0.4 is 10.2 Å². The third kappa shape index (κ3) is 4.05. The Kier molecular flexibility index (Phi) is 5.41. The van der Waals surface area contributed by atoms with Crippen molar-refractivity contribution in [1.82, 2.24) is 9.29 Å². The van der Waals surface area contributed by atoms with Crippen LogP contribution in [0.25, 0.3) is 0 Å². The summed E-state index contributed by atoms with van der Waals surface area (Å²) in [4.78, 5) is 32.0. The fourth-order valence-corrected chi connectivity index (χ4v) is 5.76. The van der Waals surface area contributed by atoms with Gasteiger partial charge in [0.25, 0.3) is 0 Å². The second-order valence-electron chi connectivity index (χ2n) is 7.10. The van der Waals surface area contributed by atoms with Crippen LogP contribution >= 0.6 is 11.3 Å². The van der Waals surface area contributed by atoms with Crippen molar-refractivity contribution >= 4 is 44.0 Å². The first-order valence-electron chi connectivity index (χ1n) is 9.50. The number of sulfonamides is 1. The molecule has 0 spiro atoms. The van der Waals surface area contributed by atoms with E-state index in [2.05, 4.69) is 10.3 Å². The third-order valence-electron chi connectivity index (χ3n) is 5.25. The standard InChI is InChI=1S/C19H22N4O4S2/c1-2-29(26,27)22-9-8-15-16(12-22)28-19(20-15)21-18(25)13-10-17(24)23(11-13)14-6-4-3-5-7-14/h3-7,13H,2,8-12H2,1H3,(H,20,21,25). The van der Waals surface area contributed by atoms with E-state index < -0.39 is 15.9 Å². The largest absolute Gasteiger partial charge is 0.312 e. The Labute approximate surface area is 173 Å². The SMILES string of the molecule is CCS(=O)(=O)N1CCc2nc(NC(=O)C3CC(=O)N(c4ccccc4)C3)sc2C1. The number of carbonyl (C=O) groups is 2. The number of hydrogen-bond acceptors (Lipinski definition) is 6. The topological polar surface area (TPSA) is 99.7 Å². The molecule has 4 rings (SSSR count). The normalized spacial score (nSPS) is 20.0. The zero-order valence-electron chi connectivity index (χ0n) is 16.0. The molecule has 1 aromatic heterocycles. The number of anilines is 2. The van der Waals surface area contributed by atoms with Gasteiger partial charge in [-0.15, -0.1) is 11.3 Å². The Morgan fingerprint density at radius 2 is 2.07 bits per heavy atom. The van der Waals surface area contributed by atoms with Crippen LogP contribution in [0.5, 0.6) is 0 Å². The van der Waals surface area contributed by atoms with Gasteiger partial charge in [0, 0.05) is 43.0 Å². The molecule has 2 aliphatic rings. The van der Waals surface area contributed by atoms with Gasteiger partial charge in [-0.2, -0.15) is 4.31 Å². The lowest BCUT2D eigenvalue weighted by Gasteiger charge is -2.24. The first-order chi connectivity index (χ1) is 13.9. The summed E-state index contributed by atoms with van der Waals surface area (Å²) in [6, 6.07) is 9.30. The molecule has 1 atom stereocenters. The van der Waals surface area contributed by atoms with E-state index in [9.17, 15) is 18.0 Å². The molecule has 1 N–H and O–H groups in total. The maximum Gasteiger partial charge on any atom is 0.231 e. The van der Waals surface area contributed by atoms with Crippen molar-refractivity contribution < 1.29 is 18.0 Å². The molecule has 2 aliphatic heterocycles. The summed E-state index contributed by atoms with van der Waals surface area (Å²) in [7, 11) is -3.25. The lowest BCUT2D eigenvalue weighted by Crippen LogP contribution is -2.36. The molecular weight excluding hydrogens is 412 g/mol. The Bertz CT molecular complexity index is 1040. The number of nitrogens with zero attached hydrogens (tertiary/aromatic N) is 3. The average molecular weight is 435 g/mol. The van der Waals surface area contributed by atoms with Gasteiger partial charge in [-0.05, 0) is 19.1 Å². The molecule has 1 aromatic carbocycles. The average Bonchev–Trinajstić information content (AvgIpc) is 3.30. The summed E-state index contributed by atoms with van der Waals surface area (Å²) in [5.74, 6) is -0.685. The first kappa shape index (κ1) is 20.0. The summed E-state index contributed by atoms with van der Waals surface area (Å²) in [6.07, 6.45) is 0.693. The number of fused-ring (bicyclic) bond motifs is 1. The molecule has 0 saturated carbocycles. The first-order valence-corrected chi connectivity index (χ1v) is 11.9. The molecule has 29 heavy (non-hydrogen) atoms. The van der Waals surface area contributed by atoms with Crippen LogP contribution in [0.15, 0.2) is 30.3 Å². The van der Waals surface area contributed by atoms with Gasteiger partial charge >= 0.3 is 0 Å². The highest BCUT2D eigenvalue weighted by molar-refractivity contribution is 7.89. The van der Waals surface area contributed by atoms with E-state index in [0.717, 1.165) is 16.3 Å². The van der Waals surface area contributed by atoms with E-state index in [0.29, 0.717) is 31.2 Å². The minimum atomic E-state index is -3.25. The molecule has 3 heterocycles. The number of nitrogens with one attached hydrogen (secondary N) is 1. The van der Waals surface area contributed by atoms with E-state index in [-0.39, 0.29) is 24.0 Å². The van der Waals surface area contributed by atoms with Gasteiger partial charge in [0.15, 0.2) is 5.13 Å². The van der Waals surface area contributed by atoms with Gasteiger partial charge in [-0.1, -0.05) is 18.2 Å². The van der Waals surface area contributed by atoms with Crippen LogP contribution in [0.3, 0.4) is 0 Å². The molecule has 2 aromatic rings. The maximum absolute atomic E-state index is 12.7. The summed E-state index contributed by atoms with van der Waals surface area (Å²) in [5.41, 5.74) is 1.62. The van der Waals surface area contributed by atoms with Gasteiger partial charge in [0.05, 0.1) is 17.4 Å². The molecule has 8 nitrogen and oxygen atoms in total. The van der Waals surface area contributed by atoms with Crippen molar-refractivity contribution in [3.63, 3.8) is 0 Å². The smallest absolute Gasteiger partial charge is 0.231 e. The van der Waals surface area contributed by atoms with Crippen LogP contribution in [0.4, 0.5) is 10.8 Å². The van der Waals surface area contributed by atoms with Gasteiger partial charge in [0.1, 0.15) is 0 Å². The summed E-state index contributed by atoms with van der Waals surface area (Å²) >= 11 is 1.30. The number of thiazole rings is 1. The summed E-state index contributed by atoms with van der Waals surface area (Å²) < 4.78 is 25.7. The van der Waals surface area contributed by atoms with Gasteiger partial charge in [0.2, 0.25) is 21.8 Å². The van der Waals surface area contributed by atoms with E-state index in [1.165, 1.54) is 15.6 Å². The molecule has 1 unspecified atom stereocenters. The maximum atomic E-state index is 12.7. The molecule has 154 valence electrons. The molecule has 0 radical (unpaired) electrons. The van der Waals surface area contributed by atoms with Crippen LogP contribution in [0.2, 0.25) is 0 Å². The predicted octanol–water partition coefficient (Wildman–Crippen LogP) is 1.84. The number of amides is 2. The number of benzene rings is 1. The van der Waals surface area contributed by atoms with Gasteiger partial charge in [-0.3, -0.25) is 9.59 Å². The van der Waals surface area contributed by atoms with Crippen LogP contribution in [0.1, 0.15) is 23.9 Å². The van der Waals surface area contributed by atoms with Gasteiger partial charge < -0.3 is 10.2 Å². The lowest BCUT2D eigenvalue weighted by atomic mass is 10.1. The molecular formula is C19H22N4O4S2. The highest BCUT2D eigenvalue weighted by Crippen LogP contribution is 2.31. The molecule has 1 saturated heterocycles. The highest BCUT2D eigenvalue weighted by Gasteiger charge is 2.36. The van der Waals surface area contributed by atoms with Crippen molar-refractivity contribution in [2.24, 2.45) is 5.92 Å². The summed E-state index contributed by atoms with van der Waals surface area (Å²) in [5, 5.41) is 3.28. The molecule has 0 bridgehead atoms. The zero-order valence-corrected chi connectivity index (χ0v) is 17.6. The fourth-order valence-electron chi connectivity index (χ4n) is 3.59. The third-order valence-corrected chi connectivity index (χ3v) is 8.07. The van der Waals surface area contributed by atoms with Crippen molar-refractivity contribution in [3.05, 3.63) is 40.9 Å². The van der Waals surface area contributed by atoms with E-state index in [1.807, 2.05) is 30.3 Å². The second kappa shape index (κ2) is 7.85. The molecule has 0 aliphatic carbocycles. The zero-order chi connectivity index (χ0) is 20.6. The fraction of sp³-hybridized carbons (Fsp3) is 0.421. The Morgan fingerprint density at radius 1 is 1.31 bits per heavy atom. The number of hydrogen-bond donors (Lipinski definition) is 1. The van der Waals surface area contributed by atoms with Crippen LogP contribution in [0, 0.1) is 5.92 Å². The Morgan fingerprint density at radius 3 is 2.79 bits per heavy atom. The number of aromatic nitrogens is 1. The van der Waals surface area contributed by atoms with Crippen molar-refractivity contribution in [1.29, 1.82) is 0 Å². The molecule has 10 heteroatoms. The van der Waals surface area contributed by atoms with E-state index in [4.69, 9.17) is 0 Å². The Balaban J connectivity index is 1.42. The van der Waals surface area contributed by atoms with Crippen LogP contribution in [-0.4, -0.2) is 48.4 Å². The lowest BCUT2D eigenvalue weighted by molar-refractivity contribution is -0.122. The quantitative estimate of drug-likeness (QED) is 0.774. The highest BCUT2D eigenvalue weighted by atomic mass is 32.2. The predicted molar refractivity (Wildman–Crippen MR) is 111 cm³/mol. The van der Waals surface area contributed by atoms with E-state index in [1.54, 1.807) is 11.8 Å². The number of rotatable bonds is 5. The summed E-state index contributed by atoms with van der Waals surface area (Å²) in [6.45, 7) is 2.67. The van der Waals surface area contributed by atoms with Crippen molar-refractivity contribution in [2.45, 2.75) is 26.3 Å². The van der Waals surface area contributed by atoms with Gasteiger partial charge in [-0.25, -0.2) is 13.4 Å².